The van der Waals surface area contributed by atoms with Crippen molar-refractivity contribution in [2.45, 2.75) is 64.8 Å². The molecule has 1 aromatic heterocycles. The summed E-state index contributed by atoms with van der Waals surface area (Å²) in [5, 5.41) is 4.05. The van der Waals surface area contributed by atoms with E-state index in [2.05, 4.69) is 42.9 Å². The van der Waals surface area contributed by atoms with E-state index in [1.54, 1.807) is 0 Å². The van der Waals surface area contributed by atoms with Crippen molar-refractivity contribution >= 4 is 0 Å². The first kappa shape index (κ1) is 14.5. The Balaban J connectivity index is 1.91. The highest BCUT2D eigenvalue weighted by Gasteiger charge is 2.23. The van der Waals surface area contributed by atoms with E-state index in [-0.39, 0.29) is 6.04 Å². The third kappa shape index (κ3) is 3.78. The molecule has 19 heavy (non-hydrogen) atoms. The quantitative estimate of drug-likeness (QED) is 0.812. The van der Waals surface area contributed by atoms with Crippen LogP contribution in [0.5, 0.6) is 0 Å². The summed E-state index contributed by atoms with van der Waals surface area (Å²) in [5.74, 6) is 2.73. The molecule has 108 valence electrons. The molecule has 1 aliphatic rings. The van der Waals surface area contributed by atoms with Gasteiger partial charge in [0.25, 0.3) is 0 Å². The summed E-state index contributed by atoms with van der Waals surface area (Å²) in [4.78, 5) is 6.86. The zero-order valence-electron chi connectivity index (χ0n) is 12.7. The molecule has 4 nitrogen and oxygen atoms in total. The lowest BCUT2D eigenvalue weighted by Gasteiger charge is -2.29. The van der Waals surface area contributed by atoms with Crippen LogP contribution in [0.1, 0.15) is 76.6 Å². The predicted octanol–water partition coefficient (Wildman–Crippen LogP) is 3.77. The highest BCUT2D eigenvalue weighted by atomic mass is 16.5. The second-order valence-corrected chi connectivity index (χ2v) is 6.27. The fourth-order valence-electron chi connectivity index (χ4n) is 2.78. The van der Waals surface area contributed by atoms with Crippen LogP contribution in [-0.4, -0.2) is 28.6 Å². The van der Waals surface area contributed by atoms with Crippen LogP contribution in [0.3, 0.4) is 0 Å². The minimum absolute atomic E-state index is 0.210. The number of rotatable bonds is 5. The second-order valence-electron chi connectivity index (χ2n) is 6.27. The van der Waals surface area contributed by atoms with Crippen LogP contribution >= 0.6 is 0 Å². The van der Waals surface area contributed by atoms with Gasteiger partial charge in [-0.05, 0) is 32.7 Å². The van der Waals surface area contributed by atoms with Gasteiger partial charge in [-0.15, -0.1) is 0 Å². The Hall–Kier alpha value is -0.900. The van der Waals surface area contributed by atoms with E-state index in [0.29, 0.717) is 5.92 Å². The summed E-state index contributed by atoms with van der Waals surface area (Å²) >= 11 is 0. The topological polar surface area (TPSA) is 42.2 Å². The number of aromatic nitrogens is 2. The second kappa shape index (κ2) is 6.51. The molecule has 0 saturated heterocycles. The van der Waals surface area contributed by atoms with Gasteiger partial charge in [0.1, 0.15) is 0 Å². The van der Waals surface area contributed by atoms with Crippen LogP contribution < -0.4 is 0 Å². The molecule has 1 aliphatic carbocycles. The van der Waals surface area contributed by atoms with Crippen molar-refractivity contribution in [2.75, 3.05) is 13.6 Å². The zero-order chi connectivity index (χ0) is 13.8. The maximum Gasteiger partial charge on any atom is 0.243 e. The summed E-state index contributed by atoms with van der Waals surface area (Å²) in [6.45, 7) is 7.47. The van der Waals surface area contributed by atoms with E-state index in [1.807, 2.05) is 0 Å². The molecule has 0 radical (unpaired) electrons. The van der Waals surface area contributed by atoms with Crippen molar-refractivity contribution in [3.05, 3.63) is 11.7 Å². The molecule has 0 bridgehead atoms. The van der Waals surface area contributed by atoms with Gasteiger partial charge in [0.15, 0.2) is 5.82 Å². The fourth-order valence-corrected chi connectivity index (χ4v) is 2.78. The highest BCUT2D eigenvalue weighted by Crippen LogP contribution is 2.27. The average molecular weight is 265 g/mol. The van der Waals surface area contributed by atoms with E-state index >= 15 is 0 Å². The predicted molar refractivity (Wildman–Crippen MR) is 76.0 cm³/mol. The molecule has 1 heterocycles. The molecule has 1 fully saturated rings. The van der Waals surface area contributed by atoms with Crippen LogP contribution in [0, 0.1) is 5.92 Å². The van der Waals surface area contributed by atoms with Crippen LogP contribution in [0.4, 0.5) is 0 Å². The van der Waals surface area contributed by atoms with E-state index in [9.17, 15) is 0 Å². The van der Waals surface area contributed by atoms with Crippen molar-refractivity contribution < 1.29 is 4.52 Å². The molecule has 4 heteroatoms. The first-order valence-corrected chi connectivity index (χ1v) is 7.61. The van der Waals surface area contributed by atoms with Gasteiger partial charge in [-0.3, -0.25) is 4.90 Å². The minimum Gasteiger partial charge on any atom is -0.338 e. The first-order valence-electron chi connectivity index (χ1n) is 7.61. The molecular formula is C15H27N3O. The van der Waals surface area contributed by atoms with E-state index < -0.39 is 0 Å². The molecule has 1 atom stereocenters. The van der Waals surface area contributed by atoms with E-state index in [4.69, 9.17) is 4.52 Å². The molecular weight excluding hydrogens is 238 g/mol. The van der Waals surface area contributed by atoms with Crippen molar-refractivity contribution in [3.63, 3.8) is 0 Å². The smallest absolute Gasteiger partial charge is 0.243 e. The van der Waals surface area contributed by atoms with Crippen molar-refractivity contribution in [1.29, 1.82) is 0 Å². The maximum atomic E-state index is 5.40. The largest absolute Gasteiger partial charge is 0.338 e. The molecule has 0 spiro atoms. The van der Waals surface area contributed by atoms with Crippen LogP contribution in [-0.2, 0) is 0 Å². The van der Waals surface area contributed by atoms with Gasteiger partial charge in [-0.1, -0.05) is 38.3 Å². The Morgan fingerprint density at radius 3 is 2.47 bits per heavy atom. The van der Waals surface area contributed by atoms with E-state index in [1.165, 1.54) is 32.1 Å². The van der Waals surface area contributed by atoms with Gasteiger partial charge < -0.3 is 4.52 Å². The lowest BCUT2D eigenvalue weighted by molar-refractivity contribution is 0.164. The Kier molecular flexibility index (Phi) is 4.97. The van der Waals surface area contributed by atoms with Gasteiger partial charge >= 0.3 is 0 Å². The summed E-state index contributed by atoms with van der Waals surface area (Å²) in [6, 6.07) is 0.210. The molecule has 0 amide bonds. The Labute approximate surface area is 116 Å². The molecule has 1 aromatic rings. The van der Waals surface area contributed by atoms with Gasteiger partial charge in [0.2, 0.25) is 5.89 Å². The molecule has 1 saturated carbocycles. The Bertz CT molecular complexity index is 382. The molecule has 2 rings (SSSR count). The van der Waals surface area contributed by atoms with Gasteiger partial charge in [-0.2, -0.15) is 4.98 Å². The van der Waals surface area contributed by atoms with Crippen molar-refractivity contribution in [3.8, 4) is 0 Å². The lowest BCUT2D eigenvalue weighted by Crippen LogP contribution is -2.29. The van der Waals surface area contributed by atoms with Crippen LogP contribution in [0.2, 0.25) is 0 Å². The SMILES string of the molecule is CC(C)c1noc(C(C)N(C)CC2CCCCC2)n1. The fraction of sp³-hybridized carbons (Fsp3) is 0.867. The normalized spacial score (nSPS) is 19.3. The summed E-state index contributed by atoms with van der Waals surface area (Å²) in [6.07, 6.45) is 6.95. The highest BCUT2D eigenvalue weighted by molar-refractivity contribution is 4.95. The third-order valence-corrected chi connectivity index (χ3v) is 4.26. The van der Waals surface area contributed by atoms with Gasteiger partial charge in [0.05, 0.1) is 6.04 Å². The summed E-state index contributed by atoms with van der Waals surface area (Å²) in [7, 11) is 2.17. The lowest BCUT2D eigenvalue weighted by atomic mass is 9.89. The average Bonchev–Trinajstić information content (AvgIpc) is 2.88. The molecule has 0 N–H and O–H groups in total. The first-order chi connectivity index (χ1) is 9.08. The van der Waals surface area contributed by atoms with Crippen molar-refractivity contribution in [2.24, 2.45) is 5.92 Å². The third-order valence-electron chi connectivity index (χ3n) is 4.26. The number of hydrogen-bond donors (Lipinski definition) is 0. The standard InChI is InChI=1S/C15H27N3O/c1-11(2)14-16-15(19-17-14)12(3)18(4)10-13-8-6-5-7-9-13/h11-13H,5-10H2,1-4H3. The number of hydrogen-bond acceptors (Lipinski definition) is 4. The number of nitrogens with zero attached hydrogens (tertiary/aromatic N) is 3. The zero-order valence-corrected chi connectivity index (χ0v) is 12.7. The van der Waals surface area contributed by atoms with Crippen molar-refractivity contribution in [1.82, 2.24) is 15.0 Å². The summed E-state index contributed by atoms with van der Waals surface area (Å²) in [5.41, 5.74) is 0. The monoisotopic (exact) mass is 265 g/mol. The van der Waals surface area contributed by atoms with Gasteiger partial charge in [0, 0.05) is 12.5 Å². The molecule has 1 unspecified atom stereocenters. The van der Waals surface area contributed by atoms with Gasteiger partial charge in [-0.25, -0.2) is 0 Å². The Morgan fingerprint density at radius 1 is 1.21 bits per heavy atom. The molecule has 0 aliphatic heterocycles. The summed E-state index contributed by atoms with van der Waals surface area (Å²) < 4.78 is 5.40. The maximum absolute atomic E-state index is 5.40. The van der Waals surface area contributed by atoms with E-state index in [0.717, 1.165) is 24.2 Å². The Morgan fingerprint density at radius 2 is 1.89 bits per heavy atom. The van der Waals surface area contributed by atoms with Crippen LogP contribution in [0.25, 0.3) is 0 Å². The van der Waals surface area contributed by atoms with Crippen LogP contribution in [0.15, 0.2) is 4.52 Å². The molecule has 0 aromatic carbocycles. The minimum atomic E-state index is 0.210.